The molecule has 2 saturated heterocycles. The van der Waals surface area contributed by atoms with Gasteiger partial charge in [0.05, 0.1) is 6.61 Å². The fraction of sp³-hybridized carbons (Fsp3) is 0.368. The SMILES string of the molecule is COCC(=O)O[C@H]1C[C@H](n2ccc(NC(=O)c3ccccc3)nc2=O)O[C@@H]1COP1(=S)OP(=O)(O)OP(=O)(O)O1. The van der Waals surface area contributed by atoms with Crippen LogP contribution in [-0.4, -0.2) is 63.7 Å². The molecule has 0 saturated carbocycles. The normalized spacial score (nSPS) is 31.9. The van der Waals surface area contributed by atoms with Crippen molar-refractivity contribution in [2.45, 2.75) is 24.9 Å². The van der Waals surface area contributed by atoms with Crippen molar-refractivity contribution < 1.29 is 60.2 Å². The molecule has 2 aromatic rings. The molecule has 4 rings (SSSR count). The van der Waals surface area contributed by atoms with E-state index in [2.05, 4.69) is 23.2 Å². The maximum absolute atomic E-state index is 12.8. The molecule has 2 aliphatic rings. The lowest BCUT2D eigenvalue weighted by Gasteiger charge is -2.30. The Balaban J connectivity index is 1.49. The van der Waals surface area contributed by atoms with Crippen molar-refractivity contribution >= 4 is 51.9 Å². The molecule has 21 heteroatoms. The summed E-state index contributed by atoms with van der Waals surface area (Å²) >= 11 is 4.90. The predicted molar refractivity (Wildman–Crippen MR) is 136 cm³/mol. The second-order valence-electron chi connectivity index (χ2n) is 8.07. The third-order valence-corrected chi connectivity index (χ3v) is 12.0. The lowest BCUT2D eigenvalue weighted by molar-refractivity contribution is -0.157. The third kappa shape index (κ3) is 7.97. The van der Waals surface area contributed by atoms with E-state index >= 15 is 0 Å². The summed E-state index contributed by atoms with van der Waals surface area (Å²) in [5.41, 5.74) is -0.462. The molecular formula is C19H22N3O14P3S. The maximum Gasteiger partial charge on any atom is 0.488 e. The molecule has 3 N–H and O–H groups in total. The summed E-state index contributed by atoms with van der Waals surface area (Å²) < 4.78 is 58.9. The first-order chi connectivity index (χ1) is 18.8. The molecule has 1 aromatic heterocycles. The number of rotatable bonds is 9. The highest BCUT2D eigenvalue weighted by Gasteiger charge is 2.52. The number of phosphoric acid groups is 2. The Morgan fingerprint density at radius 1 is 1.15 bits per heavy atom. The van der Waals surface area contributed by atoms with E-state index in [1.165, 1.54) is 19.4 Å². The summed E-state index contributed by atoms with van der Waals surface area (Å²) in [5.74, 6) is -1.29. The zero-order chi connectivity index (χ0) is 29.1. The largest absolute Gasteiger partial charge is 0.488 e. The number of esters is 1. The molecule has 2 unspecified atom stereocenters. The molecule has 40 heavy (non-hydrogen) atoms. The van der Waals surface area contributed by atoms with Crippen molar-refractivity contribution in [3.8, 4) is 0 Å². The quantitative estimate of drug-likeness (QED) is 0.263. The number of amides is 1. The van der Waals surface area contributed by atoms with E-state index < -0.39 is 71.6 Å². The van der Waals surface area contributed by atoms with Crippen LogP contribution in [0, 0.1) is 0 Å². The van der Waals surface area contributed by atoms with Gasteiger partial charge in [0.15, 0.2) is 0 Å². The molecule has 1 amide bonds. The van der Waals surface area contributed by atoms with E-state index in [1.807, 2.05) is 0 Å². The van der Waals surface area contributed by atoms with Crippen LogP contribution in [0.3, 0.4) is 0 Å². The highest BCUT2D eigenvalue weighted by molar-refractivity contribution is 8.11. The summed E-state index contributed by atoms with van der Waals surface area (Å²) in [5, 5.41) is 2.51. The van der Waals surface area contributed by atoms with Crippen LogP contribution in [0.25, 0.3) is 0 Å². The van der Waals surface area contributed by atoms with Gasteiger partial charge in [0.25, 0.3) is 5.91 Å². The highest BCUT2D eigenvalue weighted by Crippen LogP contribution is 2.80. The lowest BCUT2D eigenvalue weighted by Crippen LogP contribution is -2.32. The topological polar surface area (TPSA) is 220 Å². The summed E-state index contributed by atoms with van der Waals surface area (Å²) in [7, 11) is -8.90. The van der Waals surface area contributed by atoms with Crippen LogP contribution < -0.4 is 11.0 Å². The van der Waals surface area contributed by atoms with Gasteiger partial charge in [-0.05, 0) is 30.0 Å². The first-order valence-corrected chi connectivity index (χ1v) is 16.7. The third-order valence-electron chi connectivity index (χ3n) is 5.15. The minimum Gasteiger partial charge on any atom is -0.458 e. The van der Waals surface area contributed by atoms with Gasteiger partial charge in [-0.3, -0.25) is 9.36 Å². The van der Waals surface area contributed by atoms with Gasteiger partial charge in [0.1, 0.15) is 30.9 Å². The van der Waals surface area contributed by atoms with Crippen LogP contribution in [0.15, 0.2) is 47.4 Å². The molecule has 3 heterocycles. The van der Waals surface area contributed by atoms with Crippen LogP contribution in [0.2, 0.25) is 0 Å². The zero-order valence-electron chi connectivity index (χ0n) is 20.3. The number of benzene rings is 1. The van der Waals surface area contributed by atoms with Gasteiger partial charge in [0.2, 0.25) is 0 Å². The summed E-state index contributed by atoms with van der Waals surface area (Å²) in [6.45, 7) is -5.34. The molecule has 17 nitrogen and oxygen atoms in total. The van der Waals surface area contributed by atoms with Crippen LogP contribution in [0.5, 0.6) is 0 Å². The van der Waals surface area contributed by atoms with Gasteiger partial charge in [0, 0.05) is 25.3 Å². The van der Waals surface area contributed by atoms with Crippen LogP contribution in [0.1, 0.15) is 23.0 Å². The fourth-order valence-corrected chi connectivity index (χ4v) is 10.2. The van der Waals surface area contributed by atoms with Crippen LogP contribution >= 0.6 is 22.4 Å². The summed E-state index contributed by atoms with van der Waals surface area (Å²) in [6.07, 6.45) is -2.08. The van der Waals surface area contributed by atoms with Crippen molar-refractivity contribution in [3.05, 3.63) is 58.6 Å². The van der Waals surface area contributed by atoms with E-state index in [9.17, 15) is 33.3 Å². The number of aromatic nitrogens is 2. The molecule has 0 spiro atoms. The van der Waals surface area contributed by atoms with Crippen LogP contribution in [0.4, 0.5) is 5.82 Å². The zero-order valence-corrected chi connectivity index (χ0v) is 23.8. The molecule has 2 fully saturated rings. The average molecular weight is 641 g/mol. The van der Waals surface area contributed by atoms with Crippen molar-refractivity contribution in [2.24, 2.45) is 0 Å². The Labute approximate surface area is 230 Å². The summed E-state index contributed by atoms with van der Waals surface area (Å²) in [6, 6.07) is 9.61. The molecule has 5 atom stereocenters. The highest BCUT2D eigenvalue weighted by atomic mass is 32.5. The Hall–Kier alpha value is -2.17. The Morgan fingerprint density at radius 2 is 1.82 bits per heavy atom. The summed E-state index contributed by atoms with van der Waals surface area (Å²) in [4.78, 5) is 60.1. The molecule has 1 aromatic carbocycles. The number of ether oxygens (including phenoxy) is 3. The molecule has 0 bridgehead atoms. The minimum atomic E-state index is -5.08. The molecular weight excluding hydrogens is 619 g/mol. The number of anilines is 1. The monoisotopic (exact) mass is 641 g/mol. The molecule has 0 radical (unpaired) electrons. The van der Waals surface area contributed by atoms with Gasteiger partial charge in [-0.25, -0.2) is 27.3 Å². The standard InChI is InChI=1S/C19H22N3O14P3S/c1-30-11-17(23)33-13-9-16(32-14(13)10-31-39(40)35-37(26,27)34-38(28,29)36-39)22-8-7-15(21-19(22)25)20-18(24)12-5-3-2-4-6-12/h2-8,13-14,16H,9-11H2,1H3,(H,26,27)(H,28,29)(H,20,21,24,25)/t13-,14+,16+/m0/s1. The second kappa shape index (κ2) is 12.4. The van der Waals surface area contributed by atoms with E-state index in [4.69, 9.17) is 30.5 Å². The first kappa shape index (κ1) is 30.8. The fourth-order valence-electron chi connectivity index (χ4n) is 3.59. The number of carbonyl (C=O) groups excluding carboxylic acids is 2. The molecule has 0 aliphatic carbocycles. The Bertz CT molecular complexity index is 1440. The van der Waals surface area contributed by atoms with Crippen molar-refractivity contribution in [1.29, 1.82) is 0 Å². The van der Waals surface area contributed by atoms with Gasteiger partial charge >= 0.3 is 34.0 Å². The number of nitrogens with one attached hydrogen (secondary N) is 1. The van der Waals surface area contributed by atoms with Gasteiger partial charge in [-0.1, -0.05) is 18.2 Å². The number of carbonyl (C=O) groups is 2. The van der Waals surface area contributed by atoms with Crippen molar-refractivity contribution in [2.75, 3.05) is 25.6 Å². The van der Waals surface area contributed by atoms with Gasteiger partial charge < -0.3 is 33.8 Å². The predicted octanol–water partition coefficient (Wildman–Crippen LogP) is 1.85. The average Bonchev–Trinajstić information content (AvgIpc) is 3.23. The number of methoxy groups -OCH3 is 1. The van der Waals surface area contributed by atoms with E-state index in [0.29, 0.717) is 5.56 Å². The Morgan fingerprint density at radius 3 is 2.45 bits per heavy atom. The van der Waals surface area contributed by atoms with Crippen molar-refractivity contribution in [1.82, 2.24) is 9.55 Å². The first-order valence-electron chi connectivity index (χ1n) is 11.1. The second-order valence-corrected chi connectivity index (χ2v) is 14.4. The maximum atomic E-state index is 12.8. The number of nitrogens with zero attached hydrogens (tertiary/aromatic N) is 2. The minimum absolute atomic E-state index is 0.0235. The van der Waals surface area contributed by atoms with Crippen LogP contribution in [-0.2, 0) is 57.4 Å². The van der Waals surface area contributed by atoms with Crippen molar-refractivity contribution in [3.63, 3.8) is 0 Å². The smallest absolute Gasteiger partial charge is 0.458 e. The number of hydrogen-bond donors (Lipinski definition) is 3. The van der Waals surface area contributed by atoms with E-state index in [1.54, 1.807) is 30.3 Å². The van der Waals surface area contributed by atoms with E-state index in [-0.39, 0.29) is 12.2 Å². The number of hydrogen-bond acceptors (Lipinski definition) is 14. The molecule has 2 aliphatic heterocycles. The van der Waals surface area contributed by atoms with Gasteiger partial charge in [-0.2, -0.15) is 9.29 Å². The van der Waals surface area contributed by atoms with E-state index in [0.717, 1.165) is 4.57 Å². The molecule has 218 valence electrons. The lowest BCUT2D eigenvalue weighted by atomic mass is 10.2. The Kier molecular flexibility index (Phi) is 9.52. The van der Waals surface area contributed by atoms with Gasteiger partial charge in [-0.15, -0.1) is 0 Å².